The second kappa shape index (κ2) is 7.46. The maximum atomic E-state index is 6.42. The Bertz CT molecular complexity index is 452. The molecule has 120 valence electrons. The van der Waals surface area contributed by atoms with E-state index in [1.165, 1.54) is 0 Å². The van der Waals surface area contributed by atoms with Crippen LogP contribution in [0.4, 0.5) is 5.82 Å². The molecule has 1 rings (SSSR count). The summed E-state index contributed by atoms with van der Waals surface area (Å²) in [7, 11) is 2.06. The van der Waals surface area contributed by atoms with Crippen LogP contribution >= 0.6 is 11.6 Å². The van der Waals surface area contributed by atoms with Crippen molar-refractivity contribution in [3.8, 4) is 0 Å². The maximum absolute atomic E-state index is 6.42. The summed E-state index contributed by atoms with van der Waals surface area (Å²) >= 11 is 6.42. The van der Waals surface area contributed by atoms with Gasteiger partial charge in [-0.3, -0.25) is 0 Å². The van der Waals surface area contributed by atoms with Gasteiger partial charge in [0.25, 0.3) is 0 Å². The molecule has 0 aliphatic rings. The molecule has 1 aromatic rings. The molecule has 0 aliphatic carbocycles. The molecule has 0 saturated carbocycles. The van der Waals surface area contributed by atoms with E-state index < -0.39 is 0 Å². The molecule has 0 aliphatic heterocycles. The number of hydrogen-bond donors (Lipinski definition) is 1. The molecular weight excluding hydrogens is 282 g/mol. The van der Waals surface area contributed by atoms with Gasteiger partial charge in [-0.1, -0.05) is 25.4 Å². The predicted molar refractivity (Wildman–Crippen MR) is 93.2 cm³/mol. The molecule has 4 heteroatoms. The highest BCUT2D eigenvalue weighted by Crippen LogP contribution is 2.26. The van der Waals surface area contributed by atoms with Crippen molar-refractivity contribution in [2.45, 2.75) is 66.1 Å². The van der Waals surface area contributed by atoms with E-state index in [1.807, 2.05) is 12.3 Å². The van der Waals surface area contributed by atoms with Gasteiger partial charge in [-0.25, -0.2) is 4.98 Å². The zero-order chi connectivity index (χ0) is 16.2. The summed E-state index contributed by atoms with van der Waals surface area (Å²) in [5.74, 6) is 1.53. The lowest BCUT2D eigenvalue weighted by atomic mass is 10.0. The van der Waals surface area contributed by atoms with E-state index in [0.29, 0.717) is 12.0 Å². The monoisotopic (exact) mass is 311 g/mol. The molecule has 1 aromatic heterocycles. The molecule has 0 spiro atoms. The van der Waals surface area contributed by atoms with Gasteiger partial charge in [0, 0.05) is 31.4 Å². The molecule has 0 amide bonds. The second-order valence-corrected chi connectivity index (χ2v) is 7.75. The number of halogens is 1. The third kappa shape index (κ3) is 6.23. The first-order valence-corrected chi connectivity index (χ1v) is 8.10. The fourth-order valence-corrected chi connectivity index (χ4v) is 2.57. The van der Waals surface area contributed by atoms with E-state index in [-0.39, 0.29) is 5.54 Å². The van der Waals surface area contributed by atoms with Crippen LogP contribution in [0.1, 0.15) is 53.5 Å². The average molecular weight is 312 g/mol. The molecule has 0 fully saturated rings. The van der Waals surface area contributed by atoms with Crippen molar-refractivity contribution >= 4 is 17.4 Å². The maximum Gasteiger partial charge on any atom is 0.147 e. The van der Waals surface area contributed by atoms with Gasteiger partial charge in [0.05, 0.1) is 5.02 Å². The number of nitrogens with one attached hydrogen (secondary N) is 1. The summed E-state index contributed by atoms with van der Waals surface area (Å²) in [6, 6.07) is 2.44. The Morgan fingerprint density at radius 1 is 1.29 bits per heavy atom. The van der Waals surface area contributed by atoms with Crippen molar-refractivity contribution in [3.05, 3.63) is 22.8 Å². The van der Waals surface area contributed by atoms with E-state index >= 15 is 0 Å². The highest BCUT2D eigenvalue weighted by Gasteiger charge is 2.16. The van der Waals surface area contributed by atoms with Crippen LogP contribution in [-0.4, -0.2) is 23.6 Å². The first kappa shape index (κ1) is 18.2. The van der Waals surface area contributed by atoms with E-state index in [4.69, 9.17) is 11.6 Å². The third-order valence-corrected chi connectivity index (χ3v) is 3.79. The van der Waals surface area contributed by atoms with Crippen LogP contribution in [-0.2, 0) is 6.54 Å². The Kier molecular flexibility index (Phi) is 6.48. The Hall–Kier alpha value is -0.800. The summed E-state index contributed by atoms with van der Waals surface area (Å²) in [5, 5.41) is 4.17. The molecule has 1 heterocycles. The van der Waals surface area contributed by atoms with E-state index in [1.54, 1.807) is 0 Å². The Morgan fingerprint density at radius 2 is 1.90 bits per heavy atom. The van der Waals surface area contributed by atoms with Gasteiger partial charge < -0.3 is 10.2 Å². The second-order valence-electron chi connectivity index (χ2n) is 7.34. The summed E-state index contributed by atoms with van der Waals surface area (Å²) in [6.45, 7) is 13.9. The lowest BCUT2D eigenvalue weighted by Gasteiger charge is -2.28. The average Bonchev–Trinajstić information content (AvgIpc) is 2.34. The van der Waals surface area contributed by atoms with Crippen LogP contribution in [0.15, 0.2) is 12.3 Å². The van der Waals surface area contributed by atoms with Crippen molar-refractivity contribution in [2.75, 3.05) is 11.9 Å². The van der Waals surface area contributed by atoms with Crippen molar-refractivity contribution < 1.29 is 0 Å². The van der Waals surface area contributed by atoms with Crippen LogP contribution in [0.5, 0.6) is 0 Å². The summed E-state index contributed by atoms with van der Waals surface area (Å²) < 4.78 is 0. The molecule has 0 bridgehead atoms. The molecule has 1 N–H and O–H groups in total. The first-order chi connectivity index (χ1) is 9.60. The lowest BCUT2D eigenvalue weighted by molar-refractivity contribution is 0.424. The molecule has 3 nitrogen and oxygen atoms in total. The van der Waals surface area contributed by atoms with Gasteiger partial charge in [-0.15, -0.1) is 0 Å². The zero-order valence-corrected chi connectivity index (χ0v) is 15.3. The minimum Gasteiger partial charge on any atom is -0.356 e. The molecular formula is C17H30ClN3. The standard InChI is InChI=1S/C17H30ClN3/c1-12(2)8-13(3)21(7)16-15(18)9-14(10-19-16)11-20-17(4,5)6/h9-10,12-13,20H,8,11H2,1-7H3. The molecule has 0 aromatic carbocycles. The number of pyridine rings is 1. The molecule has 21 heavy (non-hydrogen) atoms. The quantitative estimate of drug-likeness (QED) is 0.838. The number of nitrogens with zero attached hydrogens (tertiary/aromatic N) is 2. The van der Waals surface area contributed by atoms with Crippen molar-refractivity contribution in [2.24, 2.45) is 5.92 Å². The number of anilines is 1. The van der Waals surface area contributed by atoms with Gasteiger partial charge in [-0.05, 0) is 51.7 Å². The van der Waals surface area contributed by atoms with Crippen LogP contribution in [0, 0.1) is 5.92 Å². The van der Waals surface area contributed by atoms with Gasteiger partial charge in [-0.2, -0.15) is 0 Å². The largest absolute Gasteiger partial charge is 0.356 e. The third-order valence-electron chi connectivity index (χ3n) is 3.51. The molecule has 0 radical (unpaired) electrons. The highest BCUT2D eigenvalue weighted by molar-refractivity contribution is 6.33. The highest BCUT2D eigenvalue weighted by atomic mass is 35.5. The van der Waals surface area contributed by atoms with Crippen LogP contribution in [0.25, 0.3) is 0 Å². The van der Waals surface area contributed by atoms with Gasteiger partial charge in [0.15, 0.2) is 0 Å². The van der Waals surface area contributed by atoms with Crippen LogP contribution < -0.4 is 10.2 Å². The predicted octanol–water partition coefficient (Wildman–Crippen LogP) is 4.49. The van der Waals surface area contributed by atoms with Gasteiger partial charge in [0.1, 0.15) is 5.82 Å². The van der Waals surface area contributed by atoms with E-state index in [0.717, 1.165) is 29.4 Å². The SMILES string of the molecule is CC(C)CC(C)N(C)c1ncc(CNC(C)(C)C)cc1Cl. The summed E-state index contributed by atoms with van der Waals surface area (Å²) in [5.41, 5.74) is 1.21. The number of rotatable bonds is 6. The summed E-state index contributed by atoms with van der Waals surface area (Å²) in [6.07, 6.45) is 3.04. The van der Waals surface area contributed by atoms with Crippen molar-refractivity contribution in [3.63, 3.8) is 0 Å². The fourth-order valence-electron chi connectivity index (χ4n) is 2.24. The van der Waals surface area contributed by atoms with E-state index in [9.17, 15) is 0 Å². The van der Waals surface area contributed by atoms with E-state index in [2.05, 4.69) is 63.8 Å². The number of aromatic nitrogens is 1. The molecule has 1 unspecified atom stereocenters. The minimum absolute atomic E-state index is 0.0910. The van der Waals surface area contributed by atoms with Crippen LogP contribution in [0.3, 0.4) is 0 Å². The normalized spacial score (nSPS) is 13.6. The lowest BCUT2D eigenvalue weighted by Crippen LogP contribution is -2.35. The number of hydrogen-bond acceptors (Lipinski definition) is 3. The smallest absolute Gasteiger partial charge is 0.147 e. The van der Waals surface area contributed by atoms with Gasteiger partial charge >= 0.3 is 0 Å². The first-order valence-electron chi connectivity index (χ1n) is 7.72. The minimum atomic E-state index is 0.0910. The fraction of sp³-hybridized carbons (Fsp3) is 0.706. The van der Waals surface area contributed by atoms with Gasteiger partial charge in [0.2, 0.25) is 0 Å². The Labute approximate surface area is 135 Å². The molecule has 0 saturated heterocycles. The Morgan fingerprint density at radius 3 is 2.38 bits per heavy atom. The van der Waals surface area contributed by atoms with Crippen LogP contribution in [0.2, 0.25) is 5.02 Å². The molecule has 1 atom stereocenters. The summed E-state index contributed by atoms with van der Waals surface area (Å²) in [4.78, 5) is 6.73. The zero-order valence-electron chi connectivity index (χ0n) is 14.5. The van der Waals surface area contributed by atoms with Crippen molar-refractivity contribution in [1.29, 1.82) is 0 Å². The Balaban J connectivity index is 2.78. The topological polar surface area (TPSA) is 28.2 Å². The van der Waals surface area contributed by atoms with Crippen molar-refractivity contribution in [1.82, 2.24) is 10.3 Å².